The van der Waals surface area contributed by atoms with E-state index in [9.17, 15) is 23.1 Å². The van der Waals surface area contributed by atoms with Crippen LogP contribution in [0.15, 0.2) is 6.20 Å². The number of carbonyl (C=O) groups is 2. The number of hydrogen-bond donors (Lipinski definition) is 3. The number of aliphatic hydroxyl groups is 1. The fourth-order valence-electron chi connectivity index (χ4n) is 4.45. The Morgan fingerprint density at radius 3 is 2.53 bits per heavy atom. The van der Waals surface area contributed by atoms with Crippen LogP contribution in [0.4, 0.5) is 0 Å². The van der Waals surface area contributed by atoms with Gasteiger partial charge in [0.15, 0.2) is 0 Å². The van der Waals surface area contributed by atoms with Gasteiger partial charge in [-0.15, -0.1) is 5.10 Å². The Bertz CT molecular complexity index is 1010. The number of sulfonamides is 1. The second kappa shape index (κ2) is 9.54. The van der Waals surface area contributed by atoms with Gasteiger partial charge < -0.3 is 15.3 Å². The largest absolute Gasteiger partial charge is 0.391 e. The molecule has 2 aliphatic carbocycles. The van der Waals surface area contributed by atoms with Crippen LogP contribution in [0.25, 0.3) is 0 Å². The lowest BCUT2D eigenvalue weighted by Gasteiger charge is -2.34. The first-order valence-electron chi connectivity index (χ1n) is 12.1. The van der Waals surface area contributed by atoms with Crippen molar-refractivity contribution in [3.63, 3.8) is 0 Å². The molecule has 11 nitrogen and oxygen atoms in total. The molecule has 2 saturated carbocycles. The Labute approximate surface area is 200 Å². The molecular weight excluding hydrogens is 460 g/mol. The smallest absolute Gasteiger partial charge is 0.248 e. The minimum Gasteiger partial charge on any atom is -0.391 e. The van der Waals surface area contributed by atoms with Crippen molar-refractivity contribution in [1.82, 2.24) is 29.9 Å². The minimum absolute atomic E-state index is 0.0782. The van der Waals surface area contributed by atoms with Gasteiger partial charge in [0.25, 0.3) is 0 Å². The lowest BCUT2D eigenvalue weighted by atomic mass is 9.85. The van der Waals surface area contributed by atoms with Crippen molar-refractivity contribution in [1.29, 1.82) is 0 Å². The molecule has 3 aliphatic rings. The first-order chi connectivity index (χ1) is 16.0. The molecule has 1 saturated heterocycles. The number of aliphatic hydroxyl groups excluding tert-OH is 1. The van der Waals surface area contributed by atoms with Crippen molar-refractivity contribution in [2.45, 2.75) is 88.7 Å². The van der Waals surface area contributed by atoms with Crippen molar-refractivity contribution < 1.29 is 23.1 Å². The highest BCUT2D eigenvalue weighted by Gasteiger charge is 2.45. The minimum atomic E-state index is -3.24. The van der Waals surface area contributed by atoms with Crippen molar-refractivity contribution in [3.8, 4) is 0 Å². The van der Waals surface area contributed by atoms with Gasteiger partial charge in [-0.05, 0) is 37.5 Å². The number of rotatable bonds is 10. The van der Waals surface area contributed by atoms with Crippen LogP contribution in [-0.2, 0) is 19.6 Å². The van der Waals surface area contributed by atoms with E-state index in [1.54, 1.807) is 4.68 Å². The predicted molar refractivity (Wildman–Crippen MR) is 124 cm³/mol. The molecule has 190 valence electrons. The first kappa shape index (κ1) is 25.1. The number of carbonyl (C=O) groups excluding carboxylic acids is 2. The van der Waals surface area contributed by atoms with Gasteiger partial charge in [0, 0.05) is 38.2 Å². The van der Waals surface area contributed by atoms with E-state index in [2.05, 4.69) is 20.4 Å². The van der Waals surface area contributed by atoms with Gasteiger partial charge in [-0.2, -0.15) is 0 Å². The summed E-state index contributed by atoms with van der Waals surface area (Å²) in [6, 6.07) is -1.45. The zero-order valence-corrected chi connectivity index (χ0v) is 20.9. The summed E-state index contributed by atoms with van der Waals surface area (Å²) >= 11 is 0. The zero-order chi connectivity index (χ0) is 24.7. The van der Waals surface area contributed by atoms with E-state index in [1.165, 1.54) is 4.90 Å². The molecule has 0 radical (unpaired) electrons. The first-order valence-corrected chi connectivity index (χ1v) is 13.7. The number of nitrogens with one attached hydrogen (secondary N) is 2. The summed E-state index contributed by atoms with van der Waals surface area (Å²) < 4.78 is 27.9. The Kier molecular flexibility index (Phi) is 7.03. The van der Waals surface area contributed by atoms with Crippen molar-refractivity contribution in [2.24, 2.45) is 5.41 Å². The maximum atomic E-state index is 13.7. The summed E-state index contributed by atoms with van der Waals surface area (Å²) in [5.74, 6) is -0.209. The van der Waals surface area contributed by atoms with E-state index in [4.69, 9.17) is 0 Å². The number of β-amino-alcohol motifs (C(OH)–C–C–N with tert-alkyl or cyclic N) is 1. The van der Waals surface area contributed by atoms with Gasteiger partial charge in [0.05, 0.1) is 17.0 Å². The number of nitrogens with zero attached hydrogens (tertiary/aromatic N) is 4. The lowest BCUT2D eigenvalue weighted by molar-refractivity contribution is -0.144. The second-order valence-corrected chi connectivity index (χ2v) is 12.9. The van der Waals surface area contributed by atoms with Crippen LogP contribution in [0.5, 0.6) is 0 Å². The van der Waals surface area contributed by atoms with Crippen molar-refractivity contribution in [3.05, 3.63) is 11.9 Å². The summed E-state index contributed by atoms with van der Waals surface area (Å²) in [6.45, 7) is 6.43. The van der Waals surface area contributed by atoms with Crippen molar-refractivity contribution >= 4 is 21.8 Å². The highest BCUT2D eigenvalue weighted by atomic mass is 32.2. The molecule has 1 aromatic rings. The van der Waals surface area contributed by atoms with Crippen LogP contribution in [0.3, 0.4) is 0 Å². The van der Waals surface area contributed by atoms with E-state index >= 15 is 0 Å². The molecular formula is C22H36N6O5S. The average Bonchev–Trinajstić information content (AvgIpc) is 3.68. The van der Waals surface area contributed by atoms with Gasteiger partial charge >= 0.3 is 0 Å². The maximum Gasteiger partial charge on any atom is 0.248 e. The van der Waals surface area contributed by atoms with Crippen molar-refractivity contribution in [2.75, 3.05) is 19.6 Å². The number of aromatic nitrogens is 3. The van der Waals surface area contributed by atoms with Crippen LogP contribution in [0.1, 0.15) is 76.9 Å². The quantitative estimate of drug-likeness (QED) is 0.395. The standard InChI is InChI=1S/C22H36N6O5S/c1-22(2,3)19(28-13-17(25-26-28)14-5-6-14)21(31)27-12-15(29)11-18(27)20(30)23-9-4-10-24-34(32,33)16-7-8-16/h13-16,18-19,24,29H,4-12H2,1-3H3,(H,23,30)/t15?,18?,19-/m1/s1. The molecule has 0 bridgehead atoms. The normalized spacial score (nSPS) is 24.3. The van der Waals surface area contributed by atoms with Gasteiger partial charge in [0.1, 0.15) is 12.1 Å². The second-order valence-electron chi connectivity index (χ2n) is 10.8. The Balaban J connectivity index is 1.37. The highest BCUT2D eigenvalue weighted by Crippen LogP contribution is 2.40. The molecule has 34 heavy (non-hydrogen) atoms. The Hall–Kier alpha value is -2.05. The third-order valence-electron chi connectivity index (χ3n) is 6.63. The van der Waals surface area contributed by atoms with Crippen LogP contribution in [0, 0.1) is 5.41 Å². The molecule has 2 heterocycles. The van der Waals surface area contributed by atoms with Gasteiger partial charge in [-0.25, -0.2) is 17.8 Å². The molecule has 1 aliphatic heterocycles. The summed E-state index contributed by atoms with van der Waals surface area (Å²) in [6.07, 6.45) is 5.20. The molecule has 0 aromatic carbocycles. The van der Waals surface area contributed by atoms with Crippen LogP contribution >= 0.6 is 0 Å². The Morgan fingerprint density at radius 1 is 1.21 bits per heavy atom. The summed E-state index contributed by atoms with van der Waals surface area (Å²) in [5, 5.41) is 21.3. The molecule has 2 amide bonds. The topological polar surface area (TPSA) is 147 Å². The fraction of sp³-hybridized carbons (Fsp3) is 0.818. The molecule has 12 heteroatoms. The molecule has 4 rings (SSSR count). The number of likely N-dealkylation sites (tertiary alicyclic amines) is 1. The summed E-state index contributed by atoms with van der Waals surface area (Å²) in [7, 11) is -3.24. The highest BCUT2D eigenvalue weighted by molar-refractivity contribution is 7.90. The molecule has 2 unspecified atom stereocenters. The van der Waals surface area contributed by atoms with Gasteiger partial charge in [-0.3, -0.25) is 9.59 Å². The molecule has 3 fully saturated rings. The average molecular weight is 497 g/mol. The fourth-order valence-corrected chi connectivity index (χ4v) is 5.88. The summed E-state index contributed by atoms with van der Waals surface area (Å²) in [5.41, 5.74) is 0.397. The van der Waals surface area contributed by atoms with E-state index in [0.717, 1.165) is 18.5 Å². The monoisotopic (exact) mass is 496 g/mol. The van der Waals surface area contributed by atoms with Crippen LogP contribution in [-0.4, -0.2) is 82.3 Å². The third kappa shape index (κ3) is 5.77. The number of amides is 2. The summed E-state index contributed by atoms with van der Waals surface area (Å²) in [4.78, 5) is 28.0. The molecule has 3 atom stereocenters. The van der Waals surface area contributed by atoms with Gasteiger partial charge in [-0.1, -0.05) is 26.0 Å². The van der Waals surface area contributed by atoms with E-state index in [-0.39, 0.29) is 43.1 Å². The Morgan fingerprint density at radius 2 is 1.91 bits per heavy atom. The van der Waals surface area contributed by atoms with Crippen LogP contribution in [0.2, 0.25) is 0 Å². The maximum absolute atomic E-state index is 13.7. The molecule has 3 N–H and O–H groups in total. The SMILES string of the molecule is CC(C)(C)[C@@H](C(=O)N1CC(O)CC1C(=O)NCCCNS(=O)(=O)C1CC1)n1cc(C2CC2)nn1. The van der Waals surface area contributed by atoms with E-state index in [0.29, 0.717) is 25.2 Å². The molecule has 1 aromatic heterocycles. The lowest BCUT2D eigenvalue weighted by Crippen LogP contribution is -2.50. The third-order valence-corrected chi connectivity index (χ3v) is 8.58. The predicted octanol–water partition coefficient (Wildman–Crippen LogP) is 0.293. The van der Waals surface area contributed by atoms with E-state index < -0.39 is 33.6 Å². The number of hydrogen-bond acceptors (Lipinski definition) is 7. The van der Waals surface area contributed by atoms with E-state index in [1.807, 2.05) is 27.0 Å². The molecule has 0 spiro atoms. The van der Waals surface area contributed by atoms with Gasteiger partial charge in [0.2, 0.25) is 21.8 Å². The zero-order valence-electron chi connectivity index (χ0n) is 20.1. The van der Waals surface area contributed by atoms with Crippen LogP contribution < -0.4 is 10.0 Å².